The summed E-state index contributed by atoms with van der Waals surface area (Å²) in [7, 11) is 0. The third-order valence-electron chi connectivity index (χ3n) is 2.47. The monoisotopic (exact) mass is 249 g/mol. The first-order valence-corrected chi connectivity index (χ1v) is 5.32. The van der Waals surface area contributed by atoms with Gasteiger partial charge in [-0.3, -0.25) is 14.4 Å². The van der Waals surface area contributed by atoms with Gasteiger partial charge >= 0.3 is 5.97 Å². The number of carboxylic acid groups (broad SMARTS) is 1. The predicted octanol–water partition coefficient (Wildman–Crippen LogP) is 0.204. The number of amides is 2. The van der Waals surface area contributed by atoms with E-state index < -0.39 is 17.8 Å². The molecule has 1 aromatic rings. The number of ether oxygens (including phenoxy) is 1. The number of hydrogen-bond donors (Lipinski definition) is 1. The lowest BCUT2D eigenvalue weighted by Gasteiger charge is -2.25. The van der Waals surface area contributed by atoms with Crippen LogP contribution in [0.25, 0.3) is 0 Å². The molecule has 0 aliphatic carbocycles. The van der Waals surface area contributed by atoms with Crippen molar-refractivity contribution < 1.29 is 24.2 Å². The van der Waals surface area contributed by atoms with E-state index in [4.69, 9.17) is 9.84 Å². The molecule has 1 aliphatic rings. The summed E-state index contributed by atoms with van der Waals surface area (Å²) in [5, 5.41) is 8.70. The second-order valence-corrected chi connectivity index (χ2v) is 3.86. The Hall–Kier alpha value is -2.21. The lowest BCUT2D eigenvalue weighted by molar-refractivity contribution is -0.138. The minimum absolute atomic E-state index is 0.144. The molecule has 1 heterocycles. The summed E-state index contributed by atoms with van der Waals surface area (Å²) in [4.78, 5) is 34.8. The van der Waals surface area contributed by atoms with Gasteiger partial charge in [0.1, 0.15) is 13.2 Å². The average molecular weight is 249 g/mol. The third-order valence-corrected chi connectivity index (χ3v) is 2.47. The van der Waals surface area contributed by atoms with Gasteiger partial charge in [-0.15, -0.1) is 0 Å². The van der Waals surface area contributed by atoms with Crippen molar-refractivity contribution >= 4 is 23.5 Å². The largest absolute Gasteiger partial charge is 0.481 e. The van der Waals surface area contributed by atoms with Gasteiger partial charge in [-0.1, -0.05) is 12.1 Å². The average Bonchev–Trinajstić information content (AvgIpc) is 2.28. The van der Waals surface area contributed by atoms with Crippen molar-refractivity contribution in [3.8, 4) is 0 Å². The van der Waals surface area contributed by atoms with Crippen LogP contribution in [0.5, 0.6) is 0 Å². The Morgan fingerprint density at radius 3 is 2.56 bits per heavy atom. The van der Waals surface area contributed by atoms with Crippen LogP contribution in [-0.4, -0.2) is 36.1 Å². The molecule has 0 unspecified atom stereocenters. The molecule has 1 aliphatic heterocycles. The highest BCUT2D eigenvalue weighted by molar-refractivity contribution is 6.17. The first kappa shape index (κ1) is 12.3. The number of carbonyl (C=O) groups excluding carboxylic acids is 2. The lowest BCUT2D eigenvalue weighted by Crippen LogP contribution is -2.46. The maximum atomic E-state index is 11.6. The summed E-state index contributed by atoms with van der Waals surface area (Å²) in [5.41, 5.74) is 0.916. The second-order valence-electron chi connectivity index (χ2n) is 3.86. The first-order valence-electron chi connectivity index (χ1n) is 5.32. The zero-order valence-corrected chi connectivity index (χ0v) is 9.46. The smallest absolute Gasteiger partial charge is 0.307 e. The molecule has 2 amide bonds. The Morgan fingerprint density at radius 1 is 1.28 bits per heavy atom. The number of imide groups is 1. The molecule has 6 heteroatoms. The fourth-order valence-electron chi connectivity index (χ4n) is 1.76. The van der Waals surface area contributed by atoms with E-state index in [9.17, 15) is 14.4 Å². The number of carboxylic acids is 1. The van der Waals surface area contributed by atoms with Gasteiger partial charge in [0.2, 0.25) is 0 Å². The predicted molar refractivity (Wildman–Crippen MR) is 61.1 cm³/mol. The van der Waals surface area contributed by atoms with Crippen LogP contribution in [-0.2, 0) is 25.5 Å². The van der Waals surface area contributed by atoms with Crippen LogP contribution < -0.4 is 4.90 Å². The van der Waals surface area contributed by atoms with Crippen molar-refractivity contribution in [1.82, 2.24) is 0 Å². The summed E-state index contributed by atoms with van der Waals surface area (Å²) in [6, 6.07) is 6.36. The molecule has 6 nitrogen and oxygen atoms in total. The molecule has 0 radical (unpaired) electrons. The molecular weight excluding hydrogens is 238 g/mol. The standard InChI is InChI=1S/C12H11NO5/c14-10-6-18-7-11(15)13(10)9-3-1-2-8(4-9)5-12(16)17/h1-4H,5-7H2,(H,16,17). The second kappa shape index (κ2) is 4.97. The highest BCUT2D eigenvalue weighted by Gasteiger charge is 2.28. The molecular formula is C12H11NO5. The Kier molecular flexibility index (Phi) is 3.38. The minimum Gasteiger partial charge on any atom is -0.481 e. The number of benzene rings is 1. The summed E-state index contributed by atoms with van der Waals surface area (Å²) in [6.45, 7) is -0.288. The molecule has 0 spiro atoms. The Bertz CT molecular complexity index is 495. The Labute approximate surface area is 103 Å². The van der Waals surface area contributed by atoms with Crippen LogP contribution in [0.1, 0.15) is 5.56 Å². The Morgan fingerprint density at radius 2 is 1.94 bits per heavy atom. The number of hydrogen-bond acceptors (Lipinski definition) is 4. The van der Waals surface area contributed by atoms with E-state index in [1.807, 2.05) is 0 Å². The van der Waals surface area contributed by atoms with Crippen LogP contribution in [0.3, 0.4) is 0 Å². The fourth-order valence-corrected chi connectivity index (χ4v) is 1.76. The zero-order valence-electron chi connectivity index (χ0n) is 9.46. The van der Waals surface area contributed by atoms with Gasteiger partial charge in [-0.2, -0.15) is 0 Å². The molecule has 18 heavy (non-hydrogen) atoms. The fraction of sp³-hybridized carbons (Fsp3) is 0.250. The van der Waals surface area contributed by atoms with Gasteiger partial charge < -0.3 is 9.84 Å². The lowest BCUT2D eigenvalue weighted by atomic mass is 10.1. The molecule has 1 N–H and O–H groups in total. The minimum atomic E-state index is -0.966. The van der Waals surface area contributed by atoms with Crippen molar-refractivity contribution in [1.29, 1.82) is 0 Å². The molecule has 2 rings (SSSR count). The van der Waals surface area contributed by atoms with Gasteiger partial charge in [-0.05, 0) is 17.7 Å². The molecule has 0 atom stereocenters. The van der Waals surface area contributed by atoms with E-state index in [1.165, 1.54) is 6.07 Å². The normalized spacial score (nSPS) is 15.9. The summed E-state index contributed by atoms with van der Waals surface area (Å²) in [6.07, 6.45) is -0.152. The topological polar surface area (TPSA) is 83.9 Å². The molecule has 0 aromatic heterocycles. The van der Waals surface area contributed by atoms with E-state index in [2.05, 4.69) is 0 Å². The molecule has 94 valence electrons. The van der Waals surface area contributed by atoms with Crippen molar-refractivity contribution in [3.05, 3.63) is 29.8 Å². The molecule has 1 aromatic carbocycles. The summed E-state index contributed by atoms with van der Waals surface area (Å²) in [5.74, 6) is -1.86. The zero-order chi connectivity index (χ0) is 13.1. The van der Waals surface area contributed by atoms with Crippen molar-refractivity contribution in [2.75, 3.05) is 18.1 Å². The number of aliphatic carboxylic acids is 1. The number of anilines is 1. The van der Waals surface area contributed by atoms with Crippen LogP contribution >= 0.6 is 0 Å². The van der Waals surface area contributed by atoms with E-state index in [0.29, 0.717) is 11.3 Å². The van der Waals surface area contributed by atoms with Crippen molar-refractivity contribution in [2.24, 2.45) is 0 Å². The molecule has 1 fully saturated rings. The number of morpholine rings is 1. The van der Waals surface area contributed by atoms with E-state index >= 15 is 0 Å². The maximum Gasteiger partial charge on any atom is 0.307 e. The number of carbonyl (C=O) groups is 3. The van der Waals surface area contributed by atoms with Gasteiger partial charge in [0, 0.05) is 0 Å². The number of nitrogens with zero attached hydrogens (tertiary/aromatic N) is 1. The summed E-state index contributed by atoms with van der Waals surface area (Å²) < 4.78 is 4.81. The van der Waals surface area contributed by atoms with Crippen molar-refractivity contribution in [2.45, 2.75) is 6.42 Å². The van der Waals surface area contributed by atoms with Gasteiger partial charge in [0.05, 0.1) is 12.1 Å². The van der Waals surface area contributed by atoms with Crippen LogP contribution in [0.2, 0.25) is 0 Å². The van der Waals surface area contributed by atoms with Gasteiger partial charge in [-0.25, -0.2) is 4.90 Å². The van der Waals surface area contributed by atoms with Gasteiger partial charge in [0.25, 0.3) is 11.8 Å². The molecule has 0 saturated carbocycles. The highest BCUT2D eigenvalue weighted by atomic mass is 16.5. The molecule has 1 saturated heterocycles. The van der Waals surface area contributed by atoms with Crippen LogP contribution in [0.15, 0.2) is 24.3 Å². The molecule has 0 bridgehead atoms. The number of rotatable bonds is 3. The first-order chi connectivity index (χ1) is 8.58. The van der Waals surface area contributed by atoms with Crippen molar-refractivity contribution in [3.63, 3.8) is 0 Å². The van der Waals surface area contributed by atoms with Gasteiger partial charge in [0.15, 0.2) is 0 Å². The summed E-state index contributed by atoms with van der Waals surface area (Å²) >= 11 is 0. The quantitative estimate of drug-likeness (QED) is 0.774. The van der Waals surface area contributed by atoms with E-state index in [-0.39, 0.29) is 19.6 Å². The third kappa shape index (κ3) is 2.54. The highest BCUT2D eigenvalue weighted by Crippen LogP contribution is 2.19. The van der Waals surface area contributed by atoms with E-state index in [0.717, 1.165) is 4.90 Å². The Balaban J connectivity index is 2.29. The SMILES string of the molecule is O=C(O)Cc1cccc(N2C(=O)COCC2=O)c1. The van der Waals surface area contributed by atoms with Crippen LogP contribution in [0.4, 0.5) is 5.69 Å². The van der Waals surface area contributed by atoms with E-state index in [1.54, 1.807) is 18.2 Å². The maximum absolute atomic E-state index is 11.6. The van der Waals surface area contributed by atoms with Crippen LogP contribution in [0, 0.1) is 0 Å².